The highest BCUT2D eigenvalue weighted by Gasteiger charge is 2.31. The number of hydrogen-bond acceptors (Lipinski definition) is 6. The highest BCUT2D eigenvalue weighted by atomic mass is 16.5. The highest BCUT2D eigenvalue weighted by Crippen LogP contribution is 2.32. The maximum absolute atomic E-state index is 13.0. The number of nitrogens with zero attached hydrogens (tertiary/aromatic N) is 4. The van der Waals surface area contributed by atoms with Gasteiger partial charge in [0.25, 0.3) is 0 Å². The fourth-order valence-corrected chi connectivity index (χ4v) is 3.90. The standard InChI is InChI=1S/C24H27N5O2/c1-17-5-3-13-26-24(17)28-22-16-25-15-20(27-22)21-6-4-14-29(21)23(30)12-9-18-7-10-19(31-2)11-8-18/h3,5,7-8,10-11,13,15-16,21H,4,6,9,12,14H2,1-2H3,(H,26,27,28)/t21-/m1/s1. The molecular formula is C24H27N5O2. The molecule has 2 aromatic heterocycles. The molecule has 1 fully saturated rings. The Morgan fingerprint density at radius 2 is 2.06 bits per heavy atom. The number of anilines is 2. The summed E-state index contributed by atoms with van der Waals surface area (Å²) in [6, 6.07) is 11.7. The first-order valence-electron chi connectivity index (χ1n) is 10.6. The van der Waals surface area contributed by atoms with Crippen molar-refractivity contribution in [3.63, 3.8) is 0 Å². The summed E-state index contributed by atoms with van der Waals surface area (Å²) in [6.07, 6.45) is 8.23. The second kappa shape index (κ2) is 9.55. The van der Waals surface area contributed by atoms with Crippen LogP contribution in [-0.4, -0.2) is 39.4 Å². The van der Waals surface area contributed by atoms with Crippen LogP contribution in [0.2, 0.25) is 0 Å². The van der Waals surface area contributed by atoms with Crippen LogP contribution >= 0.6 is 0 Å². The highest BCUT2D eigenvalue weighted by molar-refractivity contribution is 5.77. The predicted molar refractivity (Wildman–Crippen MR) is 119 cm³/mol. The van der Waals surface area contributed by atoms with Gasteiger partial charge in [-0.1, -0.05) is 18.2 Å². The number of carbonyl (C=O) groups is 1. The van der Waals surface area contributed by atoms with Gasteiger partial charge in [-0.15, -0.1) is 0 Å². The number of pyridine rings is 1. The molecular weight excluding hydrogens is 390 g/mol. The summed E-state index contributed by atoms with van der Waals surface area (Å²) in [5.74, 6) is 2.37. The number of hydrogen-bond donors (Lipinski definition) is 1. The van der Waals surface area contributed by atoms with Gasteiger partial charge >= 0.3 is 0 Å². The minimum absolute atomic E-state index is 0.0394. The lowest BCUT2D eigenvalue weighted by Crippen LogP contribution is -2.31. The van der Waals surface area contributed by atoms with E-state index in [2.05, 4.69) is 15.3 Å². The zero-order valence-electron chi connectivity index (χ0n) is 17.9. The van der Waals surface area contributed by atoms with E-state index in [4.69, 9.17) is 9.72 Å². The minimum Gasteiger partial charge on any atom is -0.497 e. The Morgan fingerprint density at radius 1 is 1.23 bits per heavy atom. The van der Waals surface area contributed by atoms with Crippen molar-refractivity contribution in [3.05, 3.63) is 71.8 Å². The Labute approximate surface area is 182 Å². The van der Waals surface area contributed by atoms with Gasteiger partial charge in [0.1, 0.15) is 17.4 Å². The van der Waals surface area contributed by atoms with Crippen LogP contribution in [0, 0.1) is 6.92 Å². The molecule has 1 atom stereocenters. The molecule has 1 N–H and O–H groups in total. The SMILES string of the molecule is COc1ccc(CCC(=O)N2CCC[C@@H]2c2cncc(Nc3ncccc3C)n2)cc1. The lowest BCUT2D eigenvalue weighted by atomic mass is 10.1. The summed E-state index contributed by atoms with van der Waals surface area (Å²) in [6.45, 7) is 2.75. The van der Waals surface area contributed by atoms with E-state index in [1.54, 1.807) is 25.7 Å². The number of nitrogens with one attached hydrogen (secondary N) is 1. The van der Waals surface area contributed by atoms with Crippen LogP contribution in [0.15, 0.2) is 55.0 Å². The quantitative estimate of drug-likeness (QED) is 0.620. The average Bonchev–Trinajstić information content (AvgIpc) is 3.30. The molecule has 0 unspecified atom stereocenters. The van der Waals surface area contributed by atoms with Gasteiger partial charge in [0.05, 0.1) is 31.2 Å². The monoisotopic (exact) mass is 417 g/mol. The molecule has 0 aliphatic carbocycles. The van der Waals surface area contributed by atoms with E-state index in [-0.39, 0.29) is 11.9 Å². The number of carbonyl (C=O) groups excluding carboxylic acids is 1. The molecule has 7 heteroatoms. The summed E-state index contributed by atoms with van der Waals surface area (Å²) in [7, 11) is 1.65. The summed E-state index contributed by atoms with van der Waals surface area (Å²) < 4.78 is 5.20. The summed E-state index contributed by atoms with van der Waals surface area (Å²) in [4.78, 5) is 28.4. The van der Waals surface area contributed by atoms with Gasteiger partial charge in [-0.25, -0.2) is 9.97 Å². The van der Waals surface area contributed by atoms with Crippen molar-refractivity contribution >= 4 is 17.5 Å². The lowest BCUT2D eigenvalue weighted by Gasteiger charge is -2.24. The van der Waals surface area contributed by atoms with Crippen LogP contribution in [0.5, 0.6) is 5.75 Å². The van der Waals surface area contributed by atoms with Crippen LogP contribution in [0.25, 0.3) is 0 Å². The van der Waals surface area contributed by atoms with E-state index >= 15 is 0 Å². The average molecular weight is 418 g/mol. The summed E-state index contributed by atoms with van der Waals surface area (Å²) in [5, 5.41) is 3.24. The van der Waals surface area contributed by atoms with E-state index in [0.29, 0.717) is 18.7 Å². The Bertz CT molecular complexity index is 1040. The molecule has 0 saturated carbocycles. The largest absolute Gasteiger partial charge is 0.497 e. The van der Waals surface area contributed by atoms with E-state index in [9.17, 15) is 4.79 Å². The topological polar surface area (TPSA) is 80.2 Å². The van der Waals surface area contributed by atoms with E-state index < -0.39 is 0 Å². The normalized spacial score (nSPS) is 15.7. The first-order valence-corrected chi connectivity index (χ1v) is 10.6. The second-order valence-corrected chi connectivity index (χ2v) is 7.72. The number of amides is 1. The molecule has 1 aromatic carbocycles. The molecule has 1 aliphatic rings. The molecule has 7 nitrogen and oxygen atoms in total. The van der Waals surface area contributed by atoms with Crippen LogP contribution < -0.4 is 10.1 Å². The summed E-state index contributed by atoms with van der Waals surface area (Å²) >= 11 is 0. The molecule has 0 radical (unpaired) electrons. The third-order valence-electron chi connectivity index (χ3n) is 5.61. The number of methoxy groups -OCH3 is 1. The van der Waals surface area contributed by atoms with Gasteiger partial charge in [0.15, 0.2) is 0 Å². The van der Waals surface area contributed by atoms with E-state index in [1.807, 2.05) is 48.2 Å². The van der Waals surface area contributed by atoms with Crippen molar-refractivity contribution < 1.29 is 9.53 Å². The second-order valence-electron chi connectivity index (χ2n) is 7.72. The number of benzene rings is 1. The zero-order chi connectivity index (χ0) is 21.6. The maximum Gasteiger partial charge on any atom is 0.223 e. The van der Waals surface area contributed by atoms with Crippen LogP contribution in [-0.2, 0) is 11.2 Å². The van der Waals surface area contributed by atoms with E-state index in [0.717, 1.165) is 47.8 Å². The van der Waals surface area contributed by atoms with Gasteiger partial charge in [-0.3, -0.25) is 9.78 Å². The van der Waals surface area contributed by atoms with Crippen LogP contribution in [0.1, 0.15) is 42.1 Å². The van der Waals surface area contributed by atoms with Crippen LogP contribution in [0.3, 0.4) is 0 Å². The smallest absolute Gasteiger partial charge is 0.223 e. The Morgan fingerprint density at radius 3 is 2.84 bits per heavy atom. The maximum atomic E-state index is 13.0. The Balaban J connectivity index is 1.42. The molecule has 3 aromatic rings. The first-order chi connectivity index (χ1) is 15.1. The molecule has 3 heterocycles. The van der Waals surface area contributed by atoms with Crippen molar-refractivity contribution in [2.45, 2.75) is 38.6 Å². The number of aryl methyl sites for hydroxylation is 2. The number of aromatic nitrogens is 3. The van der Waals surface area contributed by atoms with Gasteiger partial charge in [0, 0.05) is 19.2 Å². The Kier molecular flexibility index (Phi) is 6.40. The number of likely N-dealkylation sites (tertiary alicyclic amines) is 1. The van der Waals surface area contributed by atoms with Crippen molar-refractivity contribution in [3.8, 4) is 5.75 Å². The number of rotatable bonds is 7. The van der Waals surface area contributed by atoms with Gasteiger partial charge in [-0.2, -0.15) is 0 Å². The van der Waals surface area contributed by atoms with Gasteiger partial charge in [0.2, 0.25) is 5.91 Å². The fraction of sp³-hybridized carbons (Fsp3) is 0.333. The first kappa shape index (κ1) is 20.8. The Hall–Kier alpha value is -3.48. The third-order valence-corrected chi connectivity index (χ3v) is 5.61. The van der Waals surface area contributed by atoms with Crippen molar-refractivity contribution in [1.29, 1.82) is 0 Å². The van der Waals surface area contributed by atoms with E-state index in [1.165, 1.54) is 0 Å². The predicted octanol–water partition coefficient (Wildman–Crippen LogP) is 4.23. The molecule has 1 saturated heterocycles. The fourth-order valence-electron chi connectivity index (χ4n) is 3.90. The molecule has 1 aliphatic heterocycles. The van der Waals surface area contributed by atoms with Crippen molar-refractivity contribution in [2.24, 2.45) is 0 Å². The number of ether oxygens (including phenoxy) is 1. The lowest BCUT2D eigenvalue weighted by molar-refractivity contribution is -0.132. The van der Waals surface area contributed by atoms with Crippen LogP contribution in [0.4, 0.5) is 11.6 Å². The minimum atomic E-state index is -0.0394. The zero-order valence-corrected chi connectivity index (χ0v) is 17.9. The van der Waals surface area contributed by atoms with Gasteiger partial charge in [-0.05, 0) is 55.5 Å². The third kappa shape index (κ3) is 4.99. The van der Waals surface area contributed by atoms with Crippen molar-refractivity contribution in [2.75, 3.05) is 19.0 Å². The van der Waals surface area contributed by atoms with Gasteiger partial charge < -0.3 is 15.0 Å². The molecule has 31 heavy (non-hydrogen) atoms. The molecule has 0 bridgehead atoms. The van der Waals surface area contributed by atoms with Crippen molar-refractivity contribution in [1.82, 2.24) is 19.9 Å². The summed E-state index contributed by atoms with van der Waals surface area (Å²) in [5.41, 5.74) is 2.97. The molecule has 0 spiro atoms. The molecule has 4 rings (SSSR count). The molecule has 1 amide bonds. The molecule has 160 valence electrons.